The minimum atomic E-state index is -4.63. The number of phosphoric ester groups is 1. The van der Waals surface area contributed by atoms with Crippen LogP contribution in [0, 0.1) is 0 Å². The van der Waals surface area contributed by atoms with Gasteiger partial charge in [0.1, 0.15) is 19.8 Å². The molecule has 354 valence electrons. The van der Waals surface area contributed by atoms with Gasteiger partial charge in [0.2, 0.25) is 0 Å². The highest BCUT2D eigenvalue weighted by molar-refractivity contribution is 7.45. The van der Waals surface area contributed by atoms with E-state index in [-0.39, 0.29) is 32.0 Å². The molecule has 0 aromatic rings. The number of likely N-dealkylation sites (N-methyl/N-ethyl adjacent to an activating group) is 1. The summed E-state index contributed by atoms with van der Waals surface area (Å²) in [6, 6.07) is 0. The normalized spacial score (nSPS) is 13.6. The summed E-state index contributed by atoms with van der Waals surface area (Å²) < 4.78 is 34.0. The van der Waals surface area contributed by atoms with Crippen LogP contribution in [0.25, 0.3) is 0 Å². The van der Waals surface area contributed by atoms with E-state index in [4.69, 9.17) is 18.5 Å². The van der Waals surface area contributed by atoms with Gasteiger partial charge in [0, 0.05) is 12.8 Å². The van der Waals surface area contributed by atoms with Crippen LogP contribution >= 0.6 is 7.82 Å². The van der Waals surface area contributed by atoms with Crippen molar-refractivity contribution < 1.29 is 42.1 Å². The predicted molar refractivity (Wildman–Crippen MR) is 250 cm³/mol. The molecule has 0 rings (SSSR count). The third-order valence-electron chi connectivity index (χ3n) is 10.9. The predicted octanol–water partition coefficient (Wildman–Crippen LogP) is 14.1. The van der Waals surface area contributed by atoms with E-state index in [2.05, 4.69) is 38.2 Å². The number of hydrogen-bond donors (Lipinski definition) is 0. The van der Waals surface area contributed by atoms with Gasteiger partial charge in [-0.05, 0) is 64.2 Å². The highest BCUT2D eigenvalue weighted by Crippen LogP contribution is 2.38. The first-order valence-corrected chi connectivity index (χ1v) is 26.5. The summed E-state index contributed by atoms with van der Waals surface area (Å²) in [4.78, 5) is 37.7. The largest absolute Gasteiger partial charge is 0.756 e. The van der Waals surface area contributed by atoms with Crippen molar-refractivity contribution in [1.29, 1.82) is 0 Å². The number of quaternary nitrogens is 1. The molecule has 0 fully saturated rings. The van der Waals surface area contributed by atoms with Crippen molar-refractivity contribution in [2.45, 2.75) is 238 Å². The van der Waals surface area contributed by atoms with Crippen LogP contribution in [0.5, 0.6) is 0 Å². The molecule has 0 aliphatic heterocycles. The van der Waals surface area contributed by atoms with Crippen LogP contribution in [-0.2, 0) is 32.7 Å². The summed E-state index contributed by atoms with van der Waals surface area (Å²) in [6.45, 7) is 4.24. The summed E-state index contributed by atoms with van der Waals surface area (Å²) in [7, 11) is 1.17. The van der Waals surface area contributed by atoms with E-state index in [1.54, 1.807) is 0 Å². The van der Waals surface area contributed by atoms with Gasteiger partial charge in [-0.15, -0.1) is 0 Å². The van der Waals surface area contributed by atoms with E-state index in [1.807, 2.05) is 21.1 Å². The van der Waals surface area contributed by atoms with Crippen LogP contribution in [0.3, 0.4) is 0 Å². The van der Waals surface area contributed by atoms with Gasteiger partial charge in [0.25, 0.3) is 7.82 Å². The van der Waals surface area contributed by atoms with Gasteiger partial charge < -0.3 is 27.9 Å². The van der Waals surface area contributed by atoms with E-state index < -0.39 is 26.5 Å². The molecule has 60 heavy (non-hydrogen) atoms. The summed E-state index contributed by atoms with van der Waals surface area (Å²) in [5.74, 6) is -0.833. The molecule has 1 unspecified atom stereocenters. The molecule has 0 bridgehead atoms. The van der Waals surface area contributed by atoms with Crippen molar-refractivity contribution >= 4 is 19.8 Å². The first-order valence-electron chi connectivity index (χ1n) is 25.0. The topological polar surface area (TPSA) is 111 Å². The lowest BCUT2D eigenvalue weighted by Crippen LogP contribution is -2.37. The Kier molecular flexibility index (Phi) is 41.7. The maximum absolute atomic E-state index is 12.7. The van der Waals surface area contributed by atoms with Crippen molar-refractivity contribution in [3.63, 3.8) is 0 Å². The zero-order valence-electron chi connectivity index (χ0n) is 39.9. The van der Waals surface area contributed by atoms with Crippen LogP contribution in [0.2, 0.25) is 0 Å². The second-order valence-electron chi connectivity index (χ2n) is 18.2. The number of phosphoric acid groups is 1. The monoisotopic (exact) mass is 870 g/mol. The molecule has 0 saturated heterocycles. The number of rotatable bonds is 46. The molecule has 0 aliphatic carbocycles. The molecule has 0 heterocycles. The minimum Gasteiger partial charge on any atom is -0.756 e. The van der Waals surface area contributed by atoms with Gasteiger partial charge in [0.15, 0.2) is 6.10 Å². The second-order valence-corrected chi connectivity index (χ2v) is 19.6. The zero-order chi connectivity index (χ0) is 44.3. The van der Waals surface area contributed by atoms with Crippen molar-refractivity contribution in [2.75, 3.05) is 47.5 Å². The number of carbonyl (C=O) groups is 2. The van der Waals surface area contributed by atoms with E-state index in [1.165, 1.54) is 154 Å². The Morgan fingerprint density at radius 2 is 0.850 bits per heavy atom. The number of nitrogens with zero attached hydrogens (tertiary/aromatic N) is 1. The lowest BCUT2D eigenvalue weighted by atomic mass is 10.1. The fraction of sp³-hybridized carbons (Fsp3) is 0.880. The lowest BCUT2D eigenvalue weighted by Gasteiger charge is -2.28. The van der Waals surface area contributed by atoms with Gasteiger partial charge in [-0.1, -0.05) is 179 Å². The van der Waals surface area contributed by atoms with Crippen LogP contribution in [0.15, 0.2) is 24.3 Å². The highest BCUT2D eigenvalue weighted by atomic mass is 31.2. The molecule has 0 aromatic heterocycles. The maximum Gasteiger partial charge on any atom is 0.306 e. The molecule has 0 aliphatic rings. The Hall–Kier alpha value is -1.51. The summed E-state index contributed by atoms with van der Waals surface area (Å²) in [6.07, 6.45) is 47.7. The molecule has 0 spiro atoms. The molecule has 0 saturated carbocycles. The van der Waals surface area contributed by atoms with Crippen LogP contribution in [-0.4, -0.2) is 70.0 Å². The maximum atomic E-state index is 12.7. The fourth-order valence-electron chi connectivity index (χ4n) is 7.00. The Morgan fingerprint density at radius 3 is 1.23 bits per heavy atom. The fourth-order valence-corrected chi connectivity index (χ4v) is 7.73. The molecule has 0 N–H and O–H groups in total. The summed E-state index contributed by atoms with van der Waals surface area (Å²) in [5.41, 5.74) is 0. The smallest absolute Gasteiger partial charge is 0.306 e. The Bertz CT molecular complexity index is 1070. The summed E-state index contributed by atoms with van der Waals surface area (Å²) >= 11 is 0. The Labute approximate surface area is 370 Å². The molecule has 10 heteroatoms. The average molecular weight is 870 g/mol. The van der Waals surface area contributed by atoms with E-state index in [0.717, 1.165) is 44.9 Å². The minimum absolute atomic E-state index is 0.0304. The SMILES string of the molecule is CCCCCCCC/C=C/CCCCCCCCCCCC(=O)OC[C@H](COP(=O)([O-])OCC[N+](C)(C)C)OC(=O)CCCCCCCCC/C=C/CCCCCCCC. The quantitative estimate of drug-likeness (QED) is 0.0195. The molecule has 9 nitrogen and oxygen atoms in total. The van der Waals surface area contributed by atoms with E-state index in [9.17, 15) is 19.0 Å². The van der Waals surface area contributed by atoms with E-state index in [0.29, 0.717) is 17.4 Å². The number of esters is 2. The number of hydrogen-bond acceptors (Lipinski definition) is 8. The molecule has 0 radical (unpaired) electrons. The molecular weight excluding hydrogens is 774 g/mol. The van der Waals surface area contributed by atoms with Gasteiger partial charge in [-0.2, -0.15) is 0 Å². The third-order valence-corrected chi connectivity index (χ3v) is 11.9. The average Bonchev–Trinajstić information content (AvgIpc) is 3.20. The third kappa shape index (κ3) is 46.0. The van der Waals surface area contributed by atoms with Crippen molar-refractivity contribution in [1.82, 2.24) is 0 Å². The standard InChI is InChI=1S/C50H96NO8P/c1-6-8-10-12-14-16-18-20-22-24-25-27-28-30-32-34-36-38-40-42-49(52)56-46-48(47-58-60(54,55)57-45-44-51(3,4)5)59-50(53)43-41-39-37-35-33-31-29-26-23-21-19-17-15-13-11-9-7-2/h20-23,48H,6-19,24-47H2,1-5H3/b22-20+,23-21+/t48-/m1/s1. The van der Waals surface area contributed by atoms with Gasteiger partial charge in [-0.25, -0.2) is 0 Å². The highest BCUT2D eigenvalue weighted by Gasteiger charge is 2.21. The second kappa shape index (κ2) is 42.8. The first-order chi connectivity index (χ1) is 29.0. The molecule has 0 aromatic carbocycles. The molecule has 2 atom stereocenters. The summed E-state index contributed by atoms with van der Waals surface area (Å²) in [5, 5.41) is 0. The van der Waals surface area contributed by atoms with Crippen LogP contribution < -0.4 is 4.89 Å². The van der Waals surface area contributed by atoms with E-state index >= 15 is 0 Å². The van der Waals surface area contributed by atoms with Crippen molar-refractivity contribution in [2.24, 2.45) is 0 Å². The number of ether oxygens (including phenoxy) is 2. The zero-order valence-corrected chi connectivity index (χ0v) is 40.8. The van der Waals surface area contributed by atoms with Crippen LogP contribution in [0.4, 0.5) is 0 Å². The number of allylic oxidation sites excluding steroid dienone is 4. The van der Waals surface area contributed by atoms with Gasteiger partial charge in [0.05, 0.1) is 27.7 Å². The Balaban J connectivity index is 4.26. The van der Waals surface area contributed by atoms with Crippen molar-refractivity contribution in [3.05, 3.63) is 24.3 Å². The number of carbonyl (C=O) groups excluding carboxylic acids is 2. The van der Waals surface area contributed by atoms with Gasteiger partial charge >= 0.3 is 11.9 Å². The van der Waals surface area contributed by atoms with Gasteiger partial charge in [-0.3, -0.25) is 14.2 Å². The molecular formula is C50H96NO8P. The van der Waals surface area contributed by atoms with Crippen molar-refractivity contribution in [3.8, 4) is 0 Å². The van der Waals surface area contributed by atoms with Crippen LogP contribution in [0.1, 0.15) is 232 Å². The number of unbranched alkanes of at least 4 members (excludes halogenated alkanes) is 28. The lowest BCUT2D eigenvalue weighted by molar-refractivity contribution is -0.870. The Morgan fingerprint density at radius 1 is 0.500 bits per heavy atom. The molecule has 0 amide bonds. The first kappa shape index (κ1) is 58.5.